The van der Waals surface area contributed by atoms with Crippen molar-refractivity contribution in [1.82, 2.24) is 10.4 Å². The second-order valence-corrected chi connectivity index (χ2v) is 10.8. The highest BCUT2D eigenvalue weighted by atomic mass is 35.5. The first-order chi connectivity index (χ1) is 16.4. The van der Waals surface area contributed by atoms with E-state index in [1.54, 1.807) is 11.8 Å². The third-order valence-electron chi connectivity index (χ3n) is 6.39. The Hall–Kier alpha value is -2.01. The molecule has 0 aromatic heterocycles. The van der Waals surface area contributed by atoms with E-state index >= 15 is 4.39 Å². The molecule has 186 valence electrons. The van der Waals surface area contributed by atoms with Crippen LogP contribution in [0.1, 0.15) is 23.1 Å². The number of thioether (sulfide) groups is 1. The second kappa shape index (κ2) is 8.54. The number of carbonyl (C=O) groups is 1. The Labute approximate surface area is 211 Å². The van der Waals surface area contributed by atoms with E-state index in [1.807, 2.05) is 0 Å². The smallest absolute Gasteiger partial charge is 0.334 e. The van der Waals surface area contributed by atoms with Crippen molar-refractivity contribution in [2.45, 2.75) is 29.1 Å². The quantitative estimate of drug-likeness (QED) is 0.375. The van der Waals surface area contributed by atoms with Gasteiger partial charge in [-0.15, -0.1) is 11.8 Å². The molecular weight excluding hydrogens is 534 g/mol. The van der Waals surface area contributed by atoms with Crippen LogP contribution in [0.4, 0.5) is 22.0 Å². The minimum atomic E-state index is -4.95. The number of nitrogens with one attached hydrogen (secondary N) is 1. The minimum Gasteiger partial charge on any atom is -0.334 e. The van der Waals surface area contributed by atoms with Crippen LogP contribution in [0.15, 0.2) is 42.5 Å². The van der Waals surface area contributed by atoms with E-state index in [4.69, 9.17) is 28.0 Å². The van der Waals surface area contributed by atoms with E-state index in [9.17, 15) is 22.4 Å². The molecule has 2 saturated heterocycles. The molecule has 1 amide bonds. The molecular formula is C23H17Cl2F5N2O2S. The van der Waals surface area contributed by atoms with Crippen molar-refractivity contribution >= 4 is 46.6 Å². The highest BCUT2D eigenvalue weighted by Gasteiger charge is 2.60. The van der Waals surface area contributed by atoms with Crippen LogP contribution in [0.25, 0.3) is 5.70 Å². The van der Waals surface area contributed by atoms with Gasteiger partial charge < -0.3 is 4.90 Å². The summed E-state index contributed by atoms with van der Waals surface area (Å²) in [6, 6.07) is 7.47. The molecule has 4 nitrogen and oxygen atoms in total. The number of benzene rings is 2. The van der Waals surface area contributed by atoms with Crippen molar-refractivity contribution in [3.8, 4) is 0 Å². The van der Waals surface area contributed by atoms with Crippen LogP contribution in [-0.2, 0) is 20.9 Å². The summed E-state index contributed by atoms with van der Waals surface area (Å²) in [7, 11) is 0. The van der Waals surface area contributed by atoms with Gasteiger partial charge in [0, 0.05) is 5.56 Å². The average Bonchev–Trinajstić information content (AvgIpc) is 3.21. The molecule has 2 fully saturated rings. The lowest BCUT2D eigenvalue weighted by Crippen LogP contribution is -2.61. The summed E-state index contributed by atoms with van der Waals surface area (Å²) in [5.74, 6) is -0.173. The molecule has 3 heterocycles. The SMILES string of the molecule is O=C(C1CCS1)N1CC(F)(c2ccc(C3=CC(c4cc(Cl)c(F)c(Cl)c4)(C(F)(F)F)ON3)cc2)C1. The normalized spacial score (nSPS) is 25.4. The van der Waals surface area contributed by atoms with Gasteiger partial charge >= 0.3 is 6.18 Å². The van der Waals surface area contributed by atoms with Crippen molar-refractivity contribution in [3.05, 3.63) is 75.0 Å². The lowest BCUT2D eigenvalue weighted by molar-refractivity contribution is -0.269. The van der Waals surface area contributed by atoms with Crippen LogP contribution in [0.3, 0.4) is 0 Å². The number of hydroxylamine groups is 1. The first-order valence-corrected chi connectivity index (χ1v) is 12.3. The fourth-order valence-corrected chi connectivity index (χ4v) is 5.49. The van der Waals surface area contributed by atoms with Crippen LogP contribution in [0.2, 0.25) is 10.0 Å². The zero-order valence-electron chi connectivity index (χ0n) is 17.8. The maximum atomic E-state index is 15.3. The van der Waals surface area contributed by atoms with Gasteiger partial charge in [-0.2, -0.15) is 13.2 Å². The predicted molar refractivity (Wildman–Crippen MR) is 123 cm³/mol. The van der Waals surface area contributed by atoms with Crippen molar-refractivity contribution in [3.63, 3.8) is 0 Å². The molecule has 0 bridgehead atoms. The molecule has 2 aromatic rings. The minimum absolute atomic E-state index is 0.0224. The van der Waals surface area contributed by atoms with Gasteiger partial charge in [0.15, 0.2) is 11.5 Å². The zero-order valence-corrected chi connectivity index (χ0v) is 20.1. The van der Waals surface area contributed by atoms with Gasteiger partial charge in [-0.3, -0.25) is 15.1 Å². The van der Waals surface area contributed by atoms with Crippen LogP contribution in [0, 0.1) is 5.82 Å². The molecule has 3 aliphatic rings. The number of carbonyl (C=O) groups excluding carboxylic acids is 1. The average molecular weight is 551 g/mol. The van der Waals surface area contributed by atoms with Crippen molar-refractivity contribution in [2.24, 2.45) is 0 Å². The maximum absolute atomic E-state index is 15.3. The van der Waals surface area contributed by atoms with Gasteiger partial charge in [0.2, 0.25) is 11.5 Å². The van der Waals surface area contributed by atoms with Gasteiger partial charge in [-0.1, -0.05) is 47.5 Å². The molecule has 12 heteroatoms. The summed E-state index contributed by atoms with van der Waals surface area (Å²) in [6.45, 7) is -0.120. The van der Waals surface area contributed by atoms with E-state index in [0.29, 0.717) is 11.1 Å². The number of hydrogen-bond donors (Lipinski definition) is 1. The number of nitrogens with zero attached hydrogens (tertiary/aromatic N) is 1. The molecule has 2 aromatic carbocycles. The molecule has 0 radical (unpaired) electrons. The van der Waals surface area contributed by atoms with E-state index in [1.165, 1.54) is 29.2 Å². The maximum Gasteiger partial charge on any atom is 0.428 e. The highest BCUT2D eigenvalue weighted by molar-refractivity contribution is 8.01. The molecule has 3 aliphatic heterocycles. The lowest BCUT2D eigenvalue weighted by Gasteiger charge is -2.46. The van der Waals surface area contributed by atoms with Crippen LogP contribution < -0.4 is 5.48 Å². The van der Waals surface area contributed by atoms with Gasteiger partial charge in [0.1, 0.15) is 0 Å². The van der Waals surface area contributed by atoms with Gasteiger partial charge in [-0.05, 0) is 41.5 Å². The third-order valence-corrected chi connectivity index (χ3v) is 8.25. The van der Waals surface area contributed by atoms with Gasteiger partial charge in [0.05, 0.1) is 34.1 Å². The van der Waals surface area contributed by atoms with Crippen LogP contribution in [-0.4, -0.2) is 41.1 Å². The number of amides is 1. The number of rotatable bonds is 4. The summed E-state index contributed by atoms with van der Waals surface area (Å²) in [6.07, 6.45) is -3.35. The van der Waals surface area contributed by atoms with Crippen molar-refractivity contribution in [1.29, 1.82) is 0 Å². The van der Waals surface area contributed by atoms with E-state index < -0.39 is 38.9 Å². The molecule has 1 N–H and O–H groups in total. The first-order valence-electron chi connectivity index (χ1n) is 10.5. The van der Waals surface area contributed by atoms with E-state index in [-0.39, 0.29) is 29.9 Å². The topological polar surface area (TPSA) is 41.6 Å². The van der Waals surface area contributed by atoms with Crippen molar-refractivity contribution < 1.29 is 31.6 Å². The summed E-state index contributed by atoms with van der Waals surface area (Å²) in [5.41, 5.74) is -2.32. The Morgan fingerprint density at radius 1 is 1.11 bits per heavy atom. The Morgan fingerprint density at radius 2 is 1.71 bits per heavy atom. The number of halogens is 7. The number of likely N-dealkylation sites (tertiary alicyclic amines) is 1. The predicted octanol–water partition coefficient (Wildman–Crippen LogP) is 5.98. The Bertz CT molecular complexity index is 1190. The van der Waals surface area contributed by atoms with Crippen molar-refractivity contribution in [2.75, 3.05) is 18.8 Å². The fraction of sp³-hybridized carbons (Fsp3) is 0.348. The first kappa shape index (κ1) is 24.7. The summed E-state index contributed by atoms with van der Waals surface area (Å²) in [4.78, 5) is 18.7. The van der Waals surface area contributed by atoms with Crippen LogP contribution >= 0.6 is 35.0 Å². The Kier molecular flexibility index (Phi) is 6.02. The summed E-state index contributed by atoms with van der Waals surface area (Å²) >= 11 is 13.0. The molecule has 0 aliphatic carbocycles. The summed E-state index contributed by atoms with van der Waals surface area (Å²) in [5, 5.41) is -1.26. The third kappa shape index (κ3) is 4.08. The van der Waals surface area contributed by atoms with Gasteiger partial charge in [0.25, 0.3) is 0 Å². The lowest BCUT2D eigenvalue weighted by atomic mass is 9.86. The molecule has 0 saturated carbocycles. The molecule has 2 atom stereocenters. The Balaban J connectivity index is 1.39. The molecule has 35 heavy (non-hydrogen) atoms. The van der Waals surface area contributed by atoms with Crippen LogP contribution in [0.5, 0.6) is 0 Å². The number of hydrogen-bond acceptors (Lipinski definition) is 4. The standard InChI is InChI=1S/C23H17Cl2F5N2O2S/c24-15-7-14(8-16(25)19(15)26)22(23(28,29)30)9-17(31-34-22)12-1-3-13(4-2-12)21(27)10-32(11-21)20(33)18-5-6-35-18/h1-4,7-9,18,31H,5-6,10-11H2. The monoisotopic (exact) mass is 550 g/mol. The fourth-order valence-electron chi connectivity index (χ4n) is 4.24. The highest BCUT2D eigenvalue weighted by Crippen LogP contribution is 2.49. The van der Waals surface area contributed by atoms with E-state index in [2.05, 4.69) is 5.48 Å². The van der Waals surface area contributed by atoms with E-state index in [0.717, 1.165) is 30.4 Å². The number of alkyl halides is 4. The molecule has 2 unspecified atom stereocenters. The largest absolute Gasteiger partial charge is 0.428 e. The molecule has 5 rings (SSSR count). The Morgan fingerprint density at radius 3 is 2.23 bits per heavy atom. The summed E-state index contributed by atoms with van der Waals surface area (Å²) < 4.78 is 71.5. The second-order valence-electron chi connectivity index (χ2n) is 8.63. The van der Waals surface area contributed by atoms with Gasteiger partial charge in [-0.25, -0.2) is 8.78 Å². The molecule has 0 spiro atoms. The zero-order chi connectivity index (χ0) is 25.2.